The third-order valence-corrected chi connectivity index (χ3v) is 5.43. The average molecular weight is 223 g/mol. The van der Waals surface area contributed by atoms with Gasteiger partial charge in [0.1, 0.15) is 0 Å². The molecule has 1 heteroatoms. The van der Waals surface area contributed by atoms with E-state index in [0.717, 1.165) is 24.3 Å². The molecule has 0 saturated heterocycles. The van der Waals surface area contributed by atoms with Gasteiger partial charge in [0.05, 0.1) is 0 Å². The van der Waals surface area contributed by atoms with Crippen LogP contribution in [0.15, 0.2) is 0 Å². The van der Waals surface area contributed by atoms with Gasteiger partial charge in [-0.1, -0.05) is 40.0 Å². The average Bonchev–Trinajstić information content (AvgIpc) is 2.87. The first-order valence-corrected chi connectivity index (χ1v) is 7.43. The summed E-state index contributed by atoms with van der Waals surface area (Å²) in [6.45, 7) is 9.52. The zero-order chi connectivity index (χ0) is 11.6. The number of nitrogens with one attached hydrogen (secondary N) is 1. The molecule has 0 heterocycles. The largest absolute Gasteiger partial charge is 0.316 e. The Labute approximate surface area is 101 Å². The maximum absolute atomic E-state index is 3.66. The number of hydrogen-bond donors (Lipinski definition) is 1. The topological polar surface area (TPSA) is 12.0 Å². The fourth-order valence-corrected chi connectivity index (χ4v) is 4.56. The summed E-state index contributed by atoms with van der Waals surface area (Å²) in [5.74, 6) is 3.04. The van der Waals surface area contributed by atoms with Gasteiger partial charge in [0, 0.05) is 6.54 Å². The van der Waals surface area contributed by atoms with Gasteiger partial charge in [-0.3, -0.25) is 0 Å². The quantitative estimate of drug-likeness (QED) is 0.721. The summed E-state index contributed by atoms with van der Waals surface area (Å²) in [5, 5.41) is 3.66. The lowest BCUT2D eigenvalue weighted by atomic mass is 9.64. The van der Waals surface area contributed by atoms with E-state index in [1.54, 1.807) is 6.42 Å². The van der Waals surface area contributed by atoms with Crippen molar-refractivity contribution in [3.05, 3.63) is 0 Å². The first-order chi connectivity index (χ1) is 7.73. The minimum Gasteiger partial charge on any atom is -0.316 e. The molecule has 2 aliphatic carbocycles. The smallest absolute Gasteiger partial charge is 0.00130 e. The van der Waals surface area contributed by atoms with Gasteiger partial charge in [0.2, 0.25) is 0 Å². The van der Waals surface area contributed by atoms with E-state index >= 15 is 0 Å². The molecule has 2 fully saturated rings. The molecule has 2 rings (SSSR count). The van der Waals surface area contributed by atoms with Crippen LogP contribution in [0.2, 0.25) is 0 Å². The van der Waals surface area contributed by atoms with Crippen LogP contribution in [0.25, 0.3) is 0 Å². The molecule has 0 aromatic heterocycles. The second kappa shape index (κ2) is 5.08. The van der Waals surface area contributed by atoms with Gasteiger partial charge in [-0.25, -0.2) is 0 Å². The monoisotopic (exact) mass is 223 g/mol. The molecule has 2 bridgehead atoms. The Kier molecular flexibility index (Phi) is 3.94. The summed E-state index contributed by atoms with van der Waals surface area (Å²) < 4.78 is 0. The summed E-state index contributed by atoms with van der Waals surface area (Å²) in [7, 11) is 0. The Bertz CT molecular complexity index is 225. The van der Waals surface area contributed by atoms with E-state index in [9.17, 15) is 0 Å². The molecular formula is C15H29N. The summed E-state index contributed by atoms with van der Waals surface area (Å²) in [4.78, 5) is 0. The first-order valence-electron chi connectivity index (χ1n) is 7.43. The van der Waals surface area contributed by atoms with E-state index in [-0.39, 0.29) is 0 Å². The lowest BCUT2D eigenvalue weighted by Crippen LogP contribution is -2.43. The van der Waals surface area contributed by atoms with Crippen molar-refractivity contribution in [3.8, 4) is 0 Å². The molecule has 94 valence electrons. The van der Waals surface area contributed by atoms with Crippen LogP contribution < -0.4 is 5.32 Å². The van der Waals surface area contributed by atoms with Gasteiger partial charge in [0.15, 0.2) is 0 Å². The molecule has 0 radical (unpaired) electrons. The van der Waals surface area contributed by atoms with Crippen LogP contribution in [-0.2, 0) is 0 Å². The number of fused-ring (bicyclic) bond motifs is 2. The molecule has 0 amide bonds. The molecule has 0 aromatic carbocycles. The second-order valence-electron chi connectivity index (χ2n) is 6.28. The van der Waals surface area contributed by atoms with Crippen molar-refractivity contribution >= 4 is 0 Å². The molecular weight excluding hydrogens is 194 g/mol. The van der Waals surface area contributed by atoms with Crippen LogP contribution in [0.4, 0.5) is 0 Å². The Hall–Kier alpha value is -0.0400. The zero-order valence-corrected chi connectivity index (χ0v) is 11.4. The summed E-state index contributed by atoms with van der Waals surface area (Å²) >= 11 is 0. The third kappa shape index (κ3) is 2.03. The summed E-state index contributed by atoms with van der Waals surface area (Å²) in [6, 6.07) is 0. The van der Waals surface area contributed by atoms with Gasteiger partial charge in [-0.15, -0.1) is 0 Å². The molecule has 1 nitrogen and oxygen atoms in total. The Morgan fingerprint density at radius 3 is 2.62 bits per heavy atom. The first kappa shape index (κ1) is 12.4. The molecule has 4 atom stereocenters. The highest BCUT2D eigenvalue weighted by atomic mass is 14.9. The fraction of sp³-hybridized carbons (Fsp3) is 1.00. The summed E-state index contributed by atoms with van der Waals surface area (Å²) in [5.41, 5.74) is 0.662. The fourth-order valence-electron chi connectivity index (χ4n) is 4.56. The van der Waals surface area contributed by atoms with Crippen molar-refractivity contribution < 1.29 is 0 Å². The van der Waals surface area contributed by atoms with Crippen molar-refractivity contribution in [2.75, 3.05) is 13.1 Å². The molecule has 0 aliphatic heterocycles. The van der Waals surface area contributed by atoms with E-state index < -0.39 is 0 Å². The van der Waals surface area contributed by atoms with E-state index in [0.29, 0.717) is 5.41 Å². The van der Waals surface area contributed by atoms with E-state index in [1.807, 2.05) is 0 Å². The van der Waals surface area contributed by atoms with Gasteiger partial charge < -0.3 is 5.32 Å². The maximum Gasteiger partial charge on any atom is 0.00130 e. The summed E-state index contributed by atoms with van der Waals surface area (Å²) in [6.07, 6.45) is 8.88. The van der Waals surface area contributed by atoms with Crippen molar-refractivity contribution in [2.45, 2.75) is 59.3 Å². The van der Waals surface area contributed by atoms with Crippen LogP contribution in [0.5, 0.6) is 0 Å². The minimum absolute atomic E-state index is 0.662. The predicted molar refractivity (Wildman–Crippen MR) is 70.5 cm³/mol. The highest BCUT2D eigenvalue weighted by molar-refractivity contribution is 5.03. The Morgan fingerprint density at radius 1 is 1.31 bits per heavy atom. The van der Waals surface area contributed by atoms with E-state index in [1.165, 1.54) is 38.6 Å². The van der Waals surface area contributed by atoms with Crippen LogP contribution >= 0.6 is 0 Å². The maximum atomic E-state index is 3.66. The lowest BCUT2D eigenvalue weighted by Gasteiger charge is -2.43. The SMILES string of the molecule is CCCC(C)C1(CNCC)CC2CCC1C2. The van der Waals surface area contributed by atoms with Gasteiger partial charge >= 0.3 is 0 Å². The number of hydrogen-bond acceptors (Lipinski definition) is 1. The van der Waals surface area contributed by atoms with Crippen molar-refractivity contribution in [3.63, 3.8) is 0 Å². The van der Waals surface area contributed by atoms with Crippen LogP contribution in [0, 0.1) is 23.2 Å². The minimum atomic E-state index is 0.662. The van der Waals surface area contributed by atoms with Crippen molar-refractivity contribution in [1.82, 2.24) is 5.32 Å². The highest BCUT2D eigenvalue weighted by Crippen LogP contribution is 2.59. The standard InChI is InChI=1S/C15H29N/c1-4-6-12(3)15(11-16-5-2)10-13-7-8-14(15)9-13/h12-14,16H,4-11H2,1-3H3. The van der Waals surface area contributed by atoms with E-state index in [4.69, 9.17) is 0 Å². The number of rotatable bonds is 6. The van der Waals surface area contributed by atoms with E-state index in [2.05, 4.69) is 26.1 Å². The van der Waals surface area contributed by atoms with Gasteiger partial charge in [0.25, 0.3) is 0 Å². The normalized spacial score (nSPS) is 39.2. The molecule has 1 N–H and O–H groups in total. The molecule has 16 heavy (non-hydrogen) atoms. The Balaban J connectivity index is 2.07. The van der Waals surface area contributed by atoms with Crippen LogP contribution in [-0.4, -0.2) is 13.1 Å². The zero-order valence-electron chi connectivity index (χ0n) is 11.4. The van der Waals surface area contributed by atoms with Crippen LogP contribution in [0.1, 0.15) is 59.3 Å². The van der Waals surface area contributed by atoms with Gasteiger partial charge in [-0.2, -0.15) is 0 Å². The van der Waals surface area contributed by atoms with Crippen LogP contribution in [0.3, 0.4) is 0 Å². The molecule has 0 aromatic rings. The van der Waals surface area contributed by atoms with Crippen molar-refractivity contribution in [2.24, 2.45) is 23.2 Å². The Morgan fingerprint density at radius 2 is 2.12 bits per heavy atom. The highest BCUT2D eigenvalue weighted by Gasteiger charge is 2.52. The lowest BCUT2D eigenvalue weighted by molar-refractivity contribution is 0.0773. The third-order valence-electron chi connectivity index (χ3n) is 5.43. The van der Waals surface area contributed by atoms with Crippen molar-refractivity contribution in [1.29, 1.82) is 0 Å². The predicted octanol–water partition coefficient (Wildman–Crippen LogP) is 3.84. The molecule has 2 saturated carbocycles. The van der Waals surface area contributed by atoms with Gasteiger partial charge in [-0.05, 0) is 49.0 Å². The molecule has 2 aliphatic rings. The molecule has 0 spiro atoms. The molecule has 4 unspecified atom stereocenters. The second-order valence-corrected chi connectivity index (χ2v) is 6.28.